The molecule has 3 aromatic rings. The van der Waals surface area contributed by atoms with Gasteiger partial charge < -0.3 is 15.2 Å². The minimum atomic E-state index is -0.921. The monoisotopic (exact) mass is 422 g/mol. The predicted octanol–water partition coefficient (Wildman–Crippen LogP) is 3.56. The van der Waals surface area contributed by atoms with Gasteiger partial charge in [-0.25, -0.2) is 9.18 Å². The first-order valence-electron chi connectivity index (χ1n) is 9.50. The van der Waals surface area contributed by atoms with Crippen LogP contribution in [0.25, 0.3) is 11.3 Å². The number of halogens is 1. The van der Waals surface area contributed by atoms with Crippen molar-refractivity contribution in [3.05, 3.63) is 71.7 Å². The summed E-state index contributed by atoms with van der Waals surface area (Å²) in [4.78, 5) is 37.9. The Morgan fingerprint density at radius 1 is 1.13 bits per heavy atom. The van der Waals surface area contributed by atoms with E-state index >= 15 is 0 Å². The smallest absolute Gasteiger partial charge is 0.325 e. The summed E-state index contributed by atoms with van der Waals surface area (Å²) in [5.41, 5.74) is 0.998. The van der Waals surface area contributed by atoms with Crippen molar-refractivity contribution < 1.29 is 23.3 Å². The van der Waals surface area contributed by atoms with Gasteiger partial charge >= 0.3 is 6.03 Å². The van der Waals surface area contributed by atoms with E-state index < -0.39 is 17.5 Å². The summed E-state index contributed by atoms with van der Waals surface area (Å²) in [6, 6.07) is 13.4. The van der Waals surface area contributed by atoms with E-state index in [9.17, 15) is 18.8 Å². The number of urea groups is 1. The predicted molar refractivity (Wildman–Crippen MR) is 109 cm³/mol. The second kappa shape index (κ2) is 7.67. The van der Waals surface area contributed by atoms with Gasteiger partial charge in [-0.1, -0.05) is 17.3 Å². The van der Waals surface area contributed by atoms with E-state index in [2.05, 4.69) is 15.8 Å². The first-order valence-corrected chi connectivity index (χ1v) is 9.50. The van der Waals surface area contributed by atoms with Gasteiger partial charge in [0.15, 0.2) is 11.5 Å². The summed E-state index contributed by atoms with van der Waals surface area (Å²) in [6.45, 7) is 3.43. The zero-order valence-electron chi connectivity index (χ0n) is 16.8. The summed E-state index contributed by atoms with van der Waals surface area (Å²) in [5.74, 6) is -0.793. The SMILES string of the molecule is CC1(C)NC(=O)N(Cc2ccc(NC(=O)c3cc(-c4ccc(F)cc4)on3)cc2)C1=O. The molecule has 31 heavy (non-hydrogen) atoms. The van der Waals surface area contributed by atoms with Crippen molar-refractivity contribution in [3.63, 3.8) is 0 Å². The van der Waals surface area contributed by atoms with Crippen LogP contribution >= 0.6 is 0 Å². The quantitative estimate of drug-likeness (QED) is 0.612. The van der Waals surface area contributed by atoms with Crippen LogP contribution in [0.4, 0.5) is 14.9 Å². The molecule has 2 aromatic carbocycles. The van der Waals surface area contributed by atoms with E-state index in [-0.39, 0.29) is 24.0 Å². The largest absolute Gasteiger partial charge is 0.355 e. The summed E-state index contributed by atoms with van der Waals surface area (Å²) in [7, 11) is 0. The van der Waals surface area contributed by atoms with E-state index in [0.717, 1.165) is 10.5 Å². The number of carbonyl (C=O) groups is 3. The Labute approximate surface area is 177 Å². The van der Waals surface area contributed by atoms with E-state index in [1.807, 2.05) is 0 Å². The fourth-order valence-corrected chi connectivity index (χ4v) is 3.17. The zero-order chi connectivity index (χ0) is 22.2. The first-order chi connectivity index (χ1) is 14.7. The molecule has 4 rings (SSSR count). The normalized spacial score (nSPS) is 15.1. The summed E-state index contributed by atoms with van der Waals surface area (Å²) < 4.78 is 18.2. The summed E-state index contributed by atoms with van der Waals surface area (Å²) in [5, 5.41) is 9.09. The fraction of sp³-hybridized carbons (Fsp3) is 0.182. The van der Waals surface area contributed by atoms with Gasteiger partial charge in [-0.3, -0.25) is 14.5 Å². The molecule has 9 heteroatoms. The van der Waals surface area contributed by atoms with Crippen LogP contribution < -0.4 is 10.6 Å². The van der Waals surface area contributed by atoms with E-state index in [0.29, 0.717) is 17.0 Å². The number of amides is 4. The highest BCUT2D eigenvalue weighted by Crippen LogP contribution is 2.22. The lowest BCUT2D eigenvalue weighted by atomic mass is 10.1. The minimum absolute atomic E-state index is 0.0740. The van der Waals surface area contributed by atoms with Gasteiger partial charge in [0.2, 0.25) is 0 Å². The molecule has 0 saturated carbocycles. The minimum Gasteiger partial charge on any atom is -0.355 e. The van der Waals surface area contributed by atoms with Gasteiger partial charge in [-0.05, 0) is 55.8 Å². The highest BCUT2D eigenvalue weighted by atomic mass is 19.1. The summed E-state index contributed by atoms with van der Waals surface area (Å²) >= 11 is 0. The maximum atomic E-state index is 13.0. The van der Waals surface area contributed by atoms with Crippen LogP contribution in [-0.2, 0) is 11.3 Å². The lowest BCUT2D eigenvalue weighted by Gasteiger charge is -2.16. The third kappa shape index (κ3) is 4.16. The van der Waals surface area contributed by atoms with Gasteiger partial charge in [0.05, 0.1) is 6.54 Å². The number of aromatic nitrogens is 1. The van der Waals surface area contributed by atoms with Crippen LogP contribution in [0, 0.1) is 5.82 Å². The van der Waals surface area contributed by atoms with Crippen molar-refractivity contribution in [2.24, 2.45) is 0 Å². The number of hydrogen-bond donors (Lipinski definition) is 2. The van der Waals surface area contributed by atoms with Gasteiger partial charge in [-0.15, -0.1) is 0 Å². The van der Waals surface area contributed by atoms with Crippen LogP contribution in [0.1, 0.15) is 29.9 Å². The molecule has 0 unspecified atom stereocenters. The maximum absolute atomic E-state index is 13.0. The van der Waals surface area contributed by atoms with Crippen LogP contribution in [0.15, 0.2) is 59.1 Å². The molecule has 158 valence electrons. The number of nitrogens with one attached hydrogen (secondary N) is 2. The Hall–Kier alpha value is -4.01. The van der Waals surface area contributed by atoms with Crippen LogP contribution in [0.3, 0.4) is 0 Å². The Morgan fingerprint density at radius 2 is 1.81 bits per heavy atom. The lowest BCUT2D eigenvalue weighted by molar-refractivity contribution is -0.130. The number of anilines is 1. The molecular formula is C22H19FN4O4. The molecule has 1 fully saturated rings. The molecule has 1 saturated heterocycles. The molecule has 4 amide bonds. The molecule has 1 aliphatic heterocycles. The summed E-state index contributed by atoms with van der Waals surface area (Å²) in [6.07, 6.45) is 0. The van der Waals surface area contributed by atoms with Crippen molar-refractivity contribution in [2.75, 3.05) is 5.32 Å². The van der Waals surface area contributed by atoms with Crippen LogP contribution in [-0.4, -0.2) is 33.4 Å². The van der Waals surface area contributed by atoms with E-state index in [1.54, 1.807) is 38.1 Å². The second-order valence-electron chi connectivity index (χ2n) is 7.68. The standard InChI is InChI=1S/C22H19FN4O4/c1-22(2)20(29)27(21(30)25-22)12-13-3-9-16(10-4-13)24-19(28)17-11-18(31-26-17)14-5-7-15(23)8-6-14/h3-11H,12H2,1-2H3,(H,24,28)(H,25,30). The van der Waals surface area contributed by atoms with Crippen molar-refractivity contribution in [1.29, 1.82) is 0 Å². The molecule has 0 spiro atoms. The number of benzene rings is 2. The van der Waals surface area contributed by atoms with Gasteiger partial charge in [0.1, 0.15) is 11.4 Å². The van der Waals surface area contributed by atoms with Crippen molar-refractivity contribution in [3.8, 4) is 11.3 Å². The number of imide groups is 1. The Bertz CT molecular complexity index is 1150. The maximum Gasteiger partial charge on any atom is 0.325 e. The van der Waals surface area contributed by atoms with E-state index in [1.165, 1.54) is 30.3 Å². The molecule has 1 aliphatic rings. The molecule has 0 atom stereocenters. The molecule has 2 heterocycles. The van der Waals surface area contributed by atoms with Gasteiger partial charge in [0.25, 0.3) is 11.8 Å². The topological polar surface area (TPSA) is 105 Å². The van der Waals surface area contributed by atoms with Crippen molar-refractivity contribution >= 4 is 23.5 Å². The van der Waals surface area contributed by atoms with Crippen LogP contribution in [0.5, 0.6) is 0 Å². The van der Waals surface area contributed by atoms with Crippen molar-refractivity contribution in [1.82, 2.24) is 15.4 Å². The molecule has 0 bridgehead atoms. The Kier molecular flexibility index (Phi) is 5.02. The fourth-order valence-electron chi connectivity index (χ4n) is 3.17. The Balaban J connectivity index is 1.40. The number of rotatable bonds is 5. The average molecular weight is 422 g/mol. The van der Waals surface area contributed by atoms with Gasteiger partial charge in [0, 0.05) is 17.3 Å². The number of carbonyl (C=O) groups excluding carboxylic acids is 3. The highest BCUT2D eigenvalue weighted by Gasteiger charge is 2.44. The molecule has 8 nitrogen and oxygen atoms in total. The Morgan fingerprint density at radius 3 is 2.42 bits per heavy atom. The van der Waals surface area contributed by atoms with E-state index in [4.69, 9.17) is 4.52 Å². The molecular weight excluding hydrogens is 403 g/mol. The third-order valence-electron chi connectivity index (χ3n) is 4.87. The molecule has 1 aromatic heterocycles. The van der Waals surface area contributed by atoms with Gasteiger partial charge in [-0.2, -0.15) is 0 Å². The van der Waals surface area contributed by atoms with Crippen LogP contribution in [0.2, 0.25) is 0 Å². The molecule has 0 aliphatic carbocycles. The lowest BCUT2D eigenvalue weighted by Crippen LogP contribution is -2.40. The third-order valence-corrected chi connectivity index (χ3v) is 4.87. The zero-order valence-corrected chi connectivity index (χ0v) is 16.8. The molecule has 0 radical (unpaired) electrons. The molecule has 2 N–H and O–H groups in total. The number of nitrogens with zero attached hydrogens (tertiary/aromatic N) is 2. The first kappa shape index (κ1) is 20.3. The second-order valence-corrected chi connectivity index (χ2v) is 7.68. The average Bonchev–Trinajstić information content (AvgIpc) is 3.29. The highest BCUT2D eigenvalue weighted by molar-refractivity contribution is 6.06. The van der Waals surface area contributed by atoms with Crippen molar-refractivity contribution in [2.45, 2.75) is 25.9 Å². The number of hydrogen-bond acceptors (Lipinski definition) is 5.